The first-order valence-corrected chi connectivity index (χ1v) is 6.10. The van der Waals surface area contributed by atoms with Gasteiger partial charge in [-0.2, -0.15) is 5.26 Å². The molecule has 1 unspecified atom stereocenters. The van der Waals surface area contributed by atoms with Gasteiger partial charge in [-0.25, -0.2) is 4.39 Å². The lowest BCUT2D eigenvalue weighted by Gasteiger charge is -2.12. The summed E-state index contributed by atoms with van der Waals surface area (Å²) >= 11 is 0. The Labute approximate surface area is 112 Å². The highest BCUT2D eigenvalue weighted by molar-refractivity contribution is 5.77. The lowest BCUT2D eigenvalue weighted by Crippen LogP contribution is -2.32. The molecule has 1 atom stereocenters. The van der Waals surface area contributed by atoms with Crippen LogP contribution in [0.3, 0.4) is 0 Å². The highest BCUT2D eigenvalue weighted by Gasteiger charge is 2.18. The molecule has 0 fully saturated rings. The van der Waals surface area contributed by atoms with Crippen LogP contribution in [0.1, 0.15) is 17.9 Å². The normalized spacial score (nSPS) is 11.9. The van der Waals surface area contributed by atoms with E-state index < -0.39 is 11.7 Å². The third kappa shape index (κ3) is 5.06. The largest absolute Gasteiger partial charge is 0.355 e. The van der Waals surface area contributed by atoms with Crippen molar-refractivity contribution in [1.29, 1.82) is 5.26 Å². The van der Waals surface area contributed by atoms with E-state index in [1.165, 1.54) is 12.1 Å². The van der Waals surface area contributed by atoms with E-state index in [0.29, 0.717) is 6.54 Å². The van der Waals surface area contributed by atoms with Crippen LogP contribution in [-0.4, -0.2) is 38.0 Å². The van der Waals surface area contributed by atoms with Crippen molar-refractivity contribution in [3.63, 3.8) is 0 Å². The molecule has 0 aliphatic rings. The van der Waals surface area contributed by atoms with Crippen LogP contribution in [0.25, 0.3) is 0 Å². The lowest BCUT2D eigenvalue weighted by molar-refractivity contribution is -0.121. The Morgan fingerprint density at radius 2 is 2.16 bits per heavy atom. The molecule has 5 heteroatoms. The van der Waals surface area contributed by atoms with Crippen molar-refractivity contribution in [3.8, 4) is 6.07 Å². The van der Waals surface area contributed by atoms with Crippen molar-refractivity contribution < 1.29 is 9.18 Å². The molecule has 1 aromatic rings. The molecular formula is C14H18FN3O. The van der Waals surface area contributed by atoms with Gasteiger partial charge in [-0.05, 0) is 20.2 Å². The zero-order valence-electron chi connectivity index (χ0n) is 11.2. The first kappa shape index (κ1) is 15.1. The molecule has 1 rings (SSSR count). The molecule has 0 radical (unpaired) electrons. The van der Waals surface area contributed by atoms with E-state index in [2.05, 4.69) is 5.32 Å². The van der Waals surface area contributed by atoms with E-state index in [1.54, 1.807) is 12.1 Å². The second-order valence-corrected chi connectivity index (χ2v) is 4.56. The fraction of sp³-hybridized carbons (Fsp3) is 0.429. The van der Waals surface area contributed by atoms with Crippen molar-refractivity contribution in [2.75, 3.05) is 27.2 Å². The molecule has 0 saturated carbocycles. The van der Waals surface area contributed by atoms with E-state index in [1.807, 2.05) is 25.1 Å². The predicted molar refractivity (Wildman–Crippen MR) is 70.9 cm³/mol. The van der Waals surface area contributed by atoms with E-state index in [9.17, 15) is 9.18 Å². The molecule has 1 N–H and O–H groups in total. The number of nitriles is 1. The summed E-state index contributed by atoms with van der Waals surface area (Å²) in [6.07, 6.45) is -0.0230. The number of nitrogens with one attached hydrogen (secondary N) is 1. The molecule has 0 aliphatic heterocycles. The Morgan fingerprint density at radius 3 is 2.74 bits per heavy atom. The maximum atomic E-state index is 13.5. The Hall–Kier alpha value is -1.93. The van der Waals surface area contributed by atoms with Crippen molar-refractivity contribution in [2.45, 2.75) is 12.3 Å². The summed E-state index contributed by atoms with van der Waals surface area (Å²) in [4.78, 5) is 13.6. The molecule has 0 heterocycles. The van der Waals surface area contributed by atoms with Gasteiger partial charge >= 0.3 is 0 Å². The minimum atomic E-state index is -0.749. The van der Waals surface area contributed by atoms with E-state index in [-0.39, 0.29) is 17.9 Å². The molecular weight excluding hydrogens is 245 g/mol. The highest BCUT2D eigenvalue weighted by atomic mass is 19.1. The Kier molecular flexibility index (Phi) is 5.97. The fourth-order valence-corrected chi connectivity index (χ4v) is 1.66. The summed E-state index contributed by atoms with van der Waals surface area (Å²) in [7, 11) is 3.81. The molecule has 0 aliphatic carbocycles. The molecule has 1 amide bonds. The number of halogens is 1. The zero-order chi connectivity index (χ0) is 14.3. The molecule has 19 heavy (non-hydrogen) atoms. The van der Waals surface area contributed by atoms with Crippen LogP contribution in [0.4, 0.5) is 4.39 Å². The van der Waals surface area contributed by atoms with Crippen molar-refractivity contribution >= 4 is 5.91 Å². The van der Waals surface area contributed by atoms with E-state index in [0.717, 1.165) is 6.54 Å². The predicted octanol–water partition coefficient (Wildman–Crippen LogP) is 1.50. The number of amides is 1. The first-order chi connectivity index (χ1) is 9.04. The van der Waals surface area contributed by atoms with Crippen LogP contribution in [0.15, 0.2) is 24.3 Å². The van der Waals surface area contributed by atoms with Crippen molar-refractivity contribution in [1.82, 2.24) is 10.2 Å². The Bertz CT molecular complexity index is 468. The third-order valence-corrected chi connectivity index (χ3v) is 2.71. The van der Waals surface area contributed by atoms with Crippen LogP contribution in [0.2, 0.25) is 0 Å². The average Bonchev–Trinajstić information content (AvgIpc) is 2.36. The van der Waals surface area contributed by atoms with Crippen molar-refractivity contribution in [2.24, 2.45) is 0 Å². The number of hydrogen-bond donors (Lipinski definition) is 1. The van der Waals surface area contributed by atoms with Gasteiger partial charge in [0, 0.05) is 25.1 Å². The number of benzene rings is 1. The van der Waals surface area contributed by atoms with Gasteiger partial charge in [0.25, 0.3) is 0 Å². The first-order valence-electron chi connectivity index (χ1n) is 6.10. The Balaban J connectivity index is 2.56. The van der Waals surface area contributed by atoms with Gasteiger partial charge in [0.2, 0.25) is 5.91 Å². The monoisotopic (exact) mass is 263 g/mol. The third-order valence-electron chi connectivity index (χ3n) is 2.71. The number of rotatable bonds is 6. The second-order valence-electron chi connectivity index (χ2n) is 4.56. The maximum absolute atomic E-state index is 13.5. The minimum absolute atomic E-state index is 0.0230. The summed E-state index contributed by atoms with van der Waals surface area (Å²) in [6.45, 7) is 1.24. The van der Waals surface area contributed by atoms with Gasteiger partial charge in [0.15, 0.2) is 0 Å². The topological polar surface area (TPSA) is 56.1 Å². The SMILES string of the molecule is CN(C)CCNC(=O)CC(C#N)c1ccccc1F. The molecule has 0 spiro atoms. The summed E-state index contributed by atoms with van der Waals surface area (Å²) in [6, 6.07) is 8.03. The lowest BCUT2D eigenvalue weighted by atomic mass is 9.96. The number of carbonyl (C=O) groups excluding carboxylic acids is 1. The molecule has 4 nitrogen and oxygen atoms in total. The number of hydrogen-bond acceptors (Lipinski definition) is 3. The van der Waals surface area contributed by atoms with Crippen LogP contribution in [0.5, 0.6) is 0 Å². The zero-order valence-corrected chi connectivity index (χ0v) is 11.2. The van der Waals surface area contributed by atoms with Crippen LogP contribution in [0, 0.1) is 17.1 Å². The number of carbonyl (C=O) groups is 1. The van der Waals surface area contributed by atoms with Gasteiger partial charge in [0.1, 0.15) is 5.82 Å². The average molecular weight is 263 g/mol. The van der Waals surface area contributed by atoms with Gasteiger partial charge in [-0.3, -0.25) is 4.79 Å². The Morgan fingerprint density at radius 1 is 1.47 bits per heavy atom. The molecule has 0 bridgehead atoms. The van der Waals surface area contributed by atoms with Gasteiger partial charge in [0.05, 0.1) is 12.0 Å². The van der Waals surface area contributed by atoms with Crippen LogP contribution in [-0.2, 0) is 4.79 Å². The van der Waals surface area contributed by atoms with E-state index >= 15 is 0 Å². The van der Waals surface area contributed by atoms with Crippen LogP contribution < -0.4 is 5.32 Å². The van der Waals surface area contributed by atoms with Gasteiger partial charge in [-0.15, -0.1) is 0 Å². The molecule has 0 saturated heterocycles. The van der Waals surface area contributed by atoms with Gasteiger partial charge in [-0.1, -0.05) is 18.2 Å². The minimum Gasteiger partial charge on any atom is -0.355 e. The molecule has 102 valence electrons. The van der Waals surface area contributed by atoms with E-state index in [4.69, 9.17) is 5.26 Å². The maximum Gasteiger partial charge on any atom is 0.221 e. The summed E-state index contributed by atoms with van der Waals surface area (Å²) < 4.78 is 13.5. The molecule has 1 aromatic carbocycles. The number of likely N-dealkylation sites (N-methyl/N-ethyl adjacent to an activating group) is 1. The van der Waals surface area contributed by atoms with Crippen LogP contribution >= 0.6 is 0 Å². The van der Waals surface area contributed by atoms with Gasteiger partial charge < -0.3 is 10.2 Å². The standard InChI is InChI=1S/C14H18FN3O/c1-18(2)8-7-17-14(19)9-11(10-16)12-5-3-4-6-13(12)15/h3-6,11H,7-9H2,1-2H3,(H,17,19). The fourth-order valence-electron chi connectivity index (χ4n) is 1.66. The molecule has 0 aromatic heterocycles. The smallest absolute Gasteiger partial charge is 0.221 e. The van der Waals surface area contributed by atoms with Crippen molar-refractivity contribution in [3.05, 3.63) is 35.6 Å². The quantitative estimate of drug-likeness (QED) is 0.846. The summed E-state index contributed by atoms with van der Waals surface area (Å²) in [5.74, 6) is -1.44. The number of nitrogens with zero attached hydrogens (tertiary/aromatic N) is 2. The summed E-state index contributed by atoms with van der Waals surface area (Å²) in [5, 5.41) is 11.8. The highest BCUT2D eigenvalue weighted by Crippen LogP contribution is 2.21. The summed E-state index contributed by atoms with van der Waals surface area (Å²) in [5.41, 5.74) is 0.271. The second kappa shape index (κ2) is 7.49.